The largest absolute Gasteiger partial charge is 0.480 e. The lowest BCUT2D eigenvalue weighted by molar-refractivity contribution is -0.139. The molecule has 6 heteroatoms. The van der Waals surface area contributed by atoms with Crippen molar-refractivity contribution in [3.8, 4) is 0 Å². The number of aliphatic carboxylic acids is 1. The van der Waals surface area contributed by atoms with Gasteiger partial charge in [0.15, 0.2) is 0 Å². The van der Waals surface area contributed by atoms with E-state index in [1.165, 1.54) is 6.20 Å². The Morgan fingerprint density at radius 1 is 1.50 bits per heavy atom. The van der Waals surface area contributed by atoms with Gasteiger partial charge in [0.1, 0.15) is 6.04 Å². The average molecular weight is 279 g/mol. The van der Waals surface area contributed by atoms with Gasteiger partial charge in [0.2, 0.25) is 0 Å². The number of hydrogen-bond acceptors (Lipinski definition) is 3. The average Bonchev–Trinajstić information content (AvgIpc) is 3.10. The molecule has 20 heavy (non-hydrogen) atoms. The van der Waals surface area contributed by atoms with Crippen LogP contribution >= 0.6 is 0 Å². The second-order valence-electron chi connectivity index (χ2n) is 5.84. The maximum atomic E-state index is 12.3. The van der Waals surface area contributed by atoms with E-state index in [2.05, 4.69) is 10.4 Å². The number of aromatic nitrogens is 2. The fourth-order valence-corrected chi connectivity index (χ4v) is 2.39. The molecule has 0 spiro atoms. The summed E-state index contributed by atoms with van der Waals surface area (Å²) in [7, 11) is 1.81. The molecule has 2 N–H and O–H groups in total. The third kappa shape index (κ3) is 3.18. The van der Waals surface area contributed by atoms with Crippen LogP contribution < -0.4 is 5.32 Å². The van der Waals surface area contributed by atoms with Gasteiger partial charge in [-0.1, -0.05) is 13.8 Å². The van der Waals surface area contributed by atoms with Crippen LogP contribution in [0, 0.1) is 5.92 Å². The maximum Gasteiger partial charge on any atom is 0.326 e. The lowest BCUT2D eigenvalue weighted by Crippen LogP contribution is -2.41. The van der Waals surface area contributed by atoms with Crippen molar-refractivity contribution < 1.29 is 14.7 Å². The summed E-state index contributed by atoms with van der Waals surface area (Å²) in [6.07, 6.45) is 4.07. The molecule has 1 atom stereocenters. The number of carboxylic acids is 1. The van der Waals surface area contributed by atoms with E-state index in [9.17, 15) is 14.7 Å². The highest BCUT2D eigenvalue weighted by atomic mass is 16.4. The summed E-state index contributed by atoms with van der Waals surface area (Å²) in [4.78, 5) is 23.5. The highest BCUT2D eigenvalue weighted by Crippen LogP contribution is 2.41. The Balaban J connectivity index is 2.12. The zero-order valence-corrected chi connectivity index (χ0v) is 12.1. The van der Waals surface area contributed by atoms with Gasteiger partial charge in [0.25, 0.3) is 5.91 Å². The summed E-state index contributed by atoms with van der Waals surface area (Å²) < 4.78 is 1.71. The number of hydrogen-bond donors (Lipinski definition) is 2. The highest BCUT2D eigenvalue weighted by molar-refractivity contribution is 5.97. The standard InChI is InChI=1S/C14H21N3O3/c1-8(2)6-11(14(19)20)16-13(18)10-7-15-17(3)12(10)9-4-5-9/h7-9,11H,4-6H2,1-3H3,(H,16,18)(H,19,20)/t11-/m1/s1. The molecule has 1 aromatic heterocycles. The summed E-state index contributed by atoms with van der Waals surface area (Å²) in [5, 5.41) is 15.9. The van der Waals surface area contributed by atoms with E-state index in [1.54, 1.807) is 4.68 Å². The van der Waals surface area contributed by atoms with E-state index < -0.39 is 12.0 Å². The van der Waals surface area contributed by atoms with Gasteiger partial charge in [-0.2, -0.15) is 5.10 Å². The molecular formula is C14H21N3O3. The third-order valence-corrected chi connectivity index (χ3v) is 3.50. The Morgan fingerprint density at radius 3 is 2.65 bits per heavy atom. The zero-order chi connectivity index (χ0) is 14.9. The van der Waals surface area contributed by atoms with Crippen LogP contribution in [0.5, 0.6) is 0 Å². The molecule has 0 aromatic carbocycles. The van der Waals surface area contributed by atoms with Crippen LogP contribution in [0.3, 0.4) is 0 Å². The molecule has 1 aliphatic carbocycles. The molecule has 0 unspecified atom stereocenters. The summed E-state index contributed by atoms with van der Waals surface area (Å²) in [5.74, 6) is -0.748. The molecule has 110 valence electrons. The number of carboxylic acid groups (broad SMARTS) is 1. The Kier molecular flexibility index (Phi) is 4.11. The van der Waals surface area contributed by atoms with Crippen molar-refractivity contribution in [1.82, 2.24) is 15.1 Å². The summed E-state index contributed by atoms with van der Waals surface area (Å²) >= 11 is 0. The molecule has 0 radical (unpaired) electrons. The van der Waals surface area contributed by atoms with Gasteiger partial charge < -0.3 is 10.4 Å². The number of carbonyl (C=O) groups excluding carboxylic acids is 1. The topological polar surface area (TPSA) is 84.2 Å². The SMILES string of the molecule is CC(C)C[C@@H](NC(=O)c1cnn(C)c1C1CC1)C(=O)O. The van der Waals surface area contributed by atoms with Gasteiger partial charge in [-0.05, 0) is 25.2 Å². The van der Waals surface area contributed by atoms with E-state index in [0.717, 1.165) is 18.5 Å². The van der Waals surface area contributed by atoms with Crippen molar-refractivity contribution in [2.45, 2.75) is 45.1 Å². The fraction of sp³-hybridized carbons (Fsp3) is 0.643. The van der Waals surface area contributed by atoms with Crippen molar-refractivity contribution in [2.75, 3.05) is 0 Å². The second-order valence-corrected chi connectivity index (χ2v) is 5.84. The van der Waals surface area contributed by atoms with Gasteiger partial charge >= 0.3 is 5.97 Å². The van der Waals surface area contributed by atoms with Gasteiger partial charge in [0, 0.05) is 13.0 Å². The maximum absolute atomic E-state index is 12.3. The molecule has 6 nitrogen and oxygen atoms in total. The van der Waals surface area contributed by atoms with Gasteiger partial charge in [-0.25, -0.2) is 4.79 Å². The highest BCUT2D eigenvalue weighted by Gasteiger charge is 2.32. The minimum absolute atomic E-state index is 0.202. The number of amides is 1. The van der Waals surface area contributed by atoms with E-state index in [4.69, 9.17) is 0 Å². The Morgan fingerprint density at radius 2 is 2.15 bits per heavy atom. The van der Waals surface area contributed by atoms with E-state index >= 15 is 0 Å². The van der Waals surface area contributed by atoms with Gasteiger partial charge in [-0.15, -0.1) is 0 Å². The molecule has 1 amide bonds. The van der Waals surface area contributed by atoms with Gasteiger partial charge in [0.05, 0.1) is 17.5 Å². The second kappa shape index (κ2) is 5.64. The molecule has 1 fully saturated rings. The monoisotopic (exact) mass is 279 g/mol. The first kappa shape index (κ1) is 14.6. The molecule has 1 heterocycles. The number of rotatable bonds is 6. The molecule has 0 bridgehead atoms. The molecule has 1 aliphatic rings. The van der Waals surface area contributed by atoms with Crippen molar-refractivity contribution in [1.29, 1.82) is 0 Å². The van der Waals surface area contributed by atoms with Crippen molar-refractivity contribution in [2.24, 2.45) is 13.0 Å². The van der Waals surface area contributed by atoms with Crippen LogP contribution in [0.2, 0.25) is 0 Å². The van der Waals surface area contributed by atoms with Crippen LogP contribution in [0.4, 0.5) is 0 Å². The molecule has 1 saturated carbocycles. The van der Waals surface area contributed by atoms with Gasteiger partial charge in [-0.3, -0.25) is 9.48 Å². The van der Waals surface area contributed by atoms with Crippen LogP contribution in [-0.4, -0.2) is 32.8 Å². The predicted molar refractivity (Wildman–Crippen MR) is 73.5 cm³/mol. The molecule has 2 rings (SSSR count). The first-order valence-corrected chi connectivity index (χ1v) is 6.95. The summed E-state index contributed by atoms with van der Waals surface area (Å²) in [6, 6.07) is -0.852. The lowest BCUT2D eigenvalue weighted by Gasteiger charge is -2.16. The minimum atomic E-state index is -0.996. The first-order chi connectivity index (χ1) is 9.40. The van der Waals surface area contributed by atoms with Crippen molar-refractivity contribution >= 4 is 11.9 Å². The summed E-state index contributed by atoms with van der Waals surface area (Å²) in [5.41, 5.74) is 1.42. The number of carbonyl (C=O) groups is 2. The Labute approximate surface area is 118 Å². The number of nitrogens with one attached hydrogen (secondary N) is 1. The molecule has 0 saturated heterocycles. The van der Waals surface area contributed by atoms with Crippen LogP contribution in [0.15, 0.2) is 6.20 Å². The molecule has 1 aromatic rings. The number of aryl methyl sites for hydroxylation is 1. The van der Waals surface area contributed by atoms with E-state index in [0.29, 0.717) is 17.9 Å². The Hall–Kier alpha value is -1.85. The smallest absolute Gasteiger partial charge is 0.326 e. The van der Waals surface area contributed by atoms with Crippen molar-refractivity contribution in [3.05, 3.63) is 17.5 Å². The lowest BCUT2D eigenvalue weighted by atomic mass is 10.0. The molecular weight excluding hydrogens is 258 g/mol. The van der Waals surface area contributed by atoms with Crippen LogP contribution in [0.25, 0.3) is 0 Å². The van der Waals surface area contributed by atoms with E-state index in [1.807, 2.05) is 20.9 Å². The van der Waals surface area contributed by atoms with Crippen LogP contribution in [0.1, 0.15) is 55.1 Å². The van der Waals surface area contributed by atoms with Crippen molar-refractivity contribution in [3.63, 3.8) is 0 Å². The quantitative estimate of drug-likeness (QED) is 0.827. The summed E-state index contributed by atoms with van der Waals surface area (Å²) in [6.45, 7) is 3.86. The molecule has 0 aliphatic heterocycles. The minimum Gasteiger partial charge on any atom is -0.480 e. The zero-order valence-electron chi connectivity index (χ0n) is 12.1. The Bertz CT molecular complexity index is 518. The first-order valence-electron chi connectivity index (χ1n) is 6.95. The number of nitrogens with zero attached hydrogens (tertiary/aromatic N) is 2. The third-order valence-electron chi connectivity index (χ3n) is 3.50. The normalized spacial score (nSPS) is 16.2. The van der Waals surface area contributed by atoms with E-state index in [-0.39, 0.29) is 11.8 Å². The van der Waals surface area contributed by atoms with Crippen LogP contribution in [-0.2, 0) is 11.8 Å². The predicted octanol–water partition coefficient (Wildman–Crippen LogP) is 1.53. The fourth-order valence-electron chi connectivity index (χ4n) is 2.39.